The van der Waals surface area contributed by atoms with Crippen LogP contribution >= 0.6 is 11.6 Å². The number of nitriles is 1. The predicted molar refractivity (Wildman–Crippen MR) is 83.2 cm³/mol. The minimum absolute atomic E-state index is 0.130. The Morgan fingerprint density at radius 1 is 1.43 bits per heavy atom. The molecule has 0 saturated carbocycles. The van der Waals surface area contributed by atoms with Gasteiger partial charge < -0.3 is 4.57 Å². The Bertz CT molecular complexity index is 790. The Kier molecular flexibility index (Phi) is 4.86. The molecular formula is C14H16ClN3O2S. The molecule has 5 nitrogen and oxygen atoms in total. The van der Waals surface area contributed by atoms with Gasteiger partial charge in [-0.3, -0.25) is 0 Å². The molecule has 0 atom stereocenters. The largest absolute Gasteiger partial charge is 0.328 e. The SMILES string of the molecule is CS(=O)(=O)CCCn1c(CCCl)nc2c(C#N)cccc21. The van der Waals surface area contributed by atoms with Crippen LogP contribution in [0.4, 0.5) is 0 Å². The molecule has 0 unspecified atom stereocenters. The zero-order valence-electron chi connectivity index (χ0n) is 11.7. The van der Waals surface area contributed by atoms with Crippen molar-refractivity contribution in [2.24, 2.45) is 0 Å². The van der Waals surface area contributed by atoms with Crippen molar-refractivity contribution in [3.63, 3.8) is 0 Å². The molecule has 0 fully saturated rings. The van der Waals surface area contributed by atoms with Gasteiger partial charge in [0.25, 0.3) is 0 Å². The molecule has 2 aromatic rings. The van der Waals surface area contributed by atoms with Crippen LogP contribution in [0, 0.1) is 11.3 Å². The van der Waals surface area contributed by atoms with Crippen molar-refractivity contribution in [3.05, 3.63) is 29.6 Å². The van der Waals surface area contributed by atoms with Gasteiger partial charge in [-0.05, 0) is 18.6 Å². The lowest BCUT2D eigenvalue weighted by atomic mass is 10.2. The van der Waals surface area contributed by atoms with Crippen molar-refractivity contribution in [3.8, 4) is 6.07 Å². The van der Waals surface area contributed by atoms with Crippen LogP contribution in [0.25, 0.3) is 11.0 Å². The summed E-state index contributed by atoms with van der Waals surface area (Å²) in [4.78, 5) is 4.49. The van der Waals surface area contributed by atoms with E-state index < -0.39 is 9.84 Å². The number of halogens is 1. The molecule has 0 radical (unpaired) electrons. The Morgan fingerprint density at radius 3 is 2.81 bits per heavy atom. The molecule has 0 aliphatic heterocycles. The van der Waals surface area contributed by atoms with Crippen molar-refractivity contribution in [2.75, 3.05) is 17.9 Å². The van der Waals surface area contributed by atoms with E-state index >= 15 is 0 Å². The Morgan fingerprint density at radius 2 is 2.19 bits per heavy atom. The highest BCUT2D eigenvalue weighted by Crippen LogP contribution is 2.21. The summed E-state index contributed by atoms with van der Waals surface area (Å²) in [5.41, 5.74) is 2.02. The molecule has 0 saturated heterocycles. The Hall–Kier alpha value is -1.58. The second-order valence-corrected chi connectivity index (χ2v) is 7.52. The molecule has 2 rings (SSSR count). The van der Waals surface area contributed by atoms with Crippen LogP contribution in [0.3, 0.4) is 0 Å². The average Bonchev–Trinajstić information content (AvgIpc) is 2.76. The third kappa shape index (κ3) is 3.74. The van der Waals surface area contributed by atoms with Gasteiger partial charge >= 0.3 is 0 Å². The highest BCUT2D eigenvalue weighted by atomic mass is 35.5. The van der Waals surface area contributed by atoms with E-state index in [-0.39, 0.29) is 5.75 Å². The first-order chi connectivity index (χ1) is 9.96. The molecule has 21 heavy (non-hydrogen) atoms. The summed E-state index contributed by atoms with van der Waals surface area (Å²) in [6.45, 7) is 0.546. The lowest BCUT2D eigenvalue weighted by Crippen LogP contribution is -2.10. The zero-order valence-corrected chi connectivity index (χ0v) is 13.3. The van der Waals surface area contributed by atoms with Crippen LogP contribution in [-0.2, 0) is 22.8 Å². The molecule has 0 bridgehead atoms. The fourth-order valence-electron chi connectivity index (χ4n) is 2.30. The zero-order chi connectivity index (χ0) is 15.5. The number of fused-ring (bicyclic) bond motifs is 1. The van der Waals surface area contributed by atoms with Gasteiger partial charge in [-0.15, -0.1) is 11.6 Å². The summed E-state index contributed by atoms with van der Waals surface area (Å²) in [6.07, 6.45) is 2.32. The van der Waals surface area contributed by atoms with E-state index in [1.165, 1.54) is 6.26 Å². The van der Waals surface area contributed by atoms with Crippen LogP contribution in [-0.4, -0.2) is 35.9 Å². The fourth-order valence-corrected chi connectivity index (χ4v) is 3.12. The number of aryl methyl sites for hydroxylation is 2. The summed E-state index contributed by atoms with van der Waals surface area (Å²) in [6, 6.07) is 7.55. The smallest absolute Gasteiger partial charge is 0.147 e. The Labute approximate surface area is 129 Å². The molecule has 0 aliphatic carbocycles. The number of rotatable bonds is 6. The highest BCUT2D eigenvalue weighted by Gasteiger charge is 2.13. The van der Waals surface area contributed by atoms with Crippen molar-refractivity contribution >= 4 is 32.5 Å². The number of para-hydroxylation sites is 1. The first kappa shape index (κ1) is 15.8. The number of sulfone groups is 1. The van der Waals surface area contributed by atoms with Gasteiger partial charge in [-0.2, -0.15) is 5.26 Å². The third-order valence-corrected chi connectivity index (χ3v) is 4.41. The lowest BCUT2D eigenvalue weighted by Gasteiger charge is -2.08. The van der Waals surface area contributed by atoms with Gasteiger partial charge in [0, 0.05) is 25.1 Å². The summed E-state index contributed by atoms with van der Waals surface area (Å²) in [5.74, 6) is 1.35. The predicted octanol–water partition coefficient (Wildman–Crippen LogP) is 2.12. The molecule has 0 spiro atoms. The van der Waals surface area contributed by atoms with Crippen LogP contribution in [0.2, 0.25) is 0 Å². The van der Waals surface area contributed by atoms with Crippen molar-refractivity contribution in [2.45, 2.75) is 19.4 Å². The summed E-state index contributed by atoms with van der Waals surface area (Å²) >= 11 is 5.80. The van der Waals surface area contributed by atoms with Gasteiger partial charge in [0.2, 0.25) is 0 Å². The summed E-state index contributed by atoms with van der Waals surface area (Å²) in [7, 11) is -2.98. The van der Waals surface area contributed by atoms with Gasteiger partial charge in [0.1, 0.15) is 27.2 Å². The van der Waals surface area contributed by atoms with E-state index in [0.29, 0.717) is 36.3 Å². The maximum absolute atomic E-state index is 11.2. The van der Waals surface area contributed by atoms with E-state index in [2.05, 4.69) is 11.1 Å². The molecule has 0 aliphatic rings. The van der Waals surface area contributed by atoms with Gasteiger partial charge in [-0.1, -0.05) is 6.07 Å². The molecule has 0 N–H and O–H groups in total. The van der Waals surface area contributed by atoms with Crippen molar-refractivity contribution < 1.29 is 8.42 Å². The van der Waals surface area contributed by atoms with Crippen LogP contribution < -0.4 is 0 Å². The minimum Gasteiger partial charge on any atom is -0.328 e. The Balaban J connectivity index is 2.40. The maximum Gasteiger partial charge on any atom is 0.147 e. The third-order valence-electron chi connectivity index (χ3n) is 3.19. The highest BCUT2D eigenvalue weighted by molar-refractivity contribution is 7.90. The van der Waals surface area contributed by atoms with Crippen LogP contribution in [0.15, 0.2) is 18.2 Å². The lowest BCUT2D eigenvalue weighted by molar-refractivity contribution is 0.590. The van der Waals surface area contributed by atoms with Crippen LogP contribution in [0.1, 0.15) is 17.8 Å². The van der Waals surface area contributed by atoms with E-state index in [1.807, 2.05) is 10.6 Å². The molecule has 1 aromatic carbocycles. The topological polar surface area (TPSA) is 75.8 Å². The van der Waals surface area contributed by atoms with Gasteiger partial charge in [-0.25, -0.2) is 13.4 Å². The number of alkyl halides is 1. The molecule has 1 aromatic heterocycles. The number of aromatic nitrogens is 2. The normalized spacial score (nSPS) is 11.7. The van der Waals surface area contributed by atoms with E-state index in [0.717, 1.165) is 11.3 Å². The molecular weight excluding hydrogens is 310 g/mol. The quantitative estimate of drug-likeness (QED) is 0.762. The number of imidazole rings is 1. The van der Waals surface area contributed by atoms with Gasteiger partial charge in [0.05, 0.1) is 16.8 Å². The van der Waals surface area contributed by atoms with Gasteiger partial charge in [0.15, 0.2) is 0 Å². The monoisotopic (exact) mass is 325 g/mol. The average molecular weight is 326 g/mol. The van der Waals surface area contributed by atoms with Crippen molar-refractivity contribution in [1.29, 1.82) is 5.26 Å². The standard InChI is InChI=1S/C14H16ClN3O2S/c1-21(19,20)9-3-8-18-12-5-2-4-11(10-16)14(12)17-13(18)6-7-15/h2,4-5H,3,6-9H2,1H3. The van der Waals surface area contributed by atoms with E-state index in [9.17, 15) is 8.42 Å². The first-order valence-corrected chi connectivity index (χ1v) is 9.17. The van der Waals surface area contributed by atoms with E-state index in [4.69, 9.17) is 16.9 Å². The molecule has 0 amide bonds. The fraction of sp³-hybridized carbons (Fsp3) is 0.429. The second kappa shape index (κ2) is 6.46. The number of benzene rings is 1. The first-order valence-electron chi connectivity index (χ1n) is 6.58. The van der Waals surface area contributed by atoms with E-state index in [1.54, 1.807) is 12.1 Å². The molecule has 1 heterocycles. The van der Waals surface area contributed by atoms with Crippen LogP contribution in [0.5, 0.6) is 0 Å². The molecule has 112 valence electrons. The summed E-state index contributed by atoms with van der Waals surface area (Å²) in [5, 5.41) is 9.14. The minimum atomic E-state index is -2.98. The molecule has 7 heteroatoms. The van der Waals surface area contributed by atoms with Crippen molar-refractivity contribution in [1.82, 2.24) is 9.55 Å². The second-order valence-electron chi connectivity index (χ2n) is 4.89. The maximum atomic E-state index is 11.2. The number of nitrogens with zero attached hydrogens (tertiary/aromatic N) is 3. The number of hydrogen-bond donors (Lipinski definition) is 0. The summed E-state index contributed by atoms with van der Waals surface area (Å²) < 4.78 is 24.5. The number of hydrogen-bond acceptors (Lipinski definition) is 4.